The van der Waals surface area contributed by atoms with Crippen LogP contribution in [0.15, 0.2) is 58.5 Å². The van der Waals surface area contributed by atoms with E-state index in [2.05, 4.69) is 0 Å². The molecule has 1 aliphatic rings. The fourth-order valence-corrected chi connectivity index (χ4v) is 4.95. The number of aromatic nitrogens is 2. The van der Waals surface area contributed by atoms with E-state index in [9.17, 15) is 19.7 Å². The van der Waals surface area contributed by atoms with Gasteiger partial charge in [0.1, 0.15) is 0 Å². The standard InChI is InChI=1S/C23H24N4O5S/c1-2-32-23(29)25-13-11-17(12-14-25)26-21(28)19-5-3-4-6-20(19)24-22(26)33-15-16-7-9-18(10-8-16)27(30)31/h3-10,17H,2,11-15H2,1H3. The number of para-hydroxylation sites is 1. The minimum absolute atomic E-state index is 0.0397. The third-order valence-corrected chi connectivity index (χ3v) is 6.67. The van der Waals surface area contributed by atoms with Crippen LogP contribution in [0.1, 0.15) is 31.4 Å². The fraction of sp³-hybridized carbons (Fsp3) is 0.348. The first kappa shape index (κ1) is 22.8. The van der Waals surface area contributed by atoms with Crippen molar-refractivity contribution in [3.8, 4) is 0 Å². The predicted octanol–water partition coefficient (Wildman–Crippen LogP) is 4.39. The molecule has 0 saturated carbocycles. The van der Waals surface area contributed by atoms with Gasteiger partial charge in [0.2, 0.25) is 0 Å². The molecule has 1 aliphatic heterocycles. The van der Waals surface area contributed by atoms with E-state index in [1.54, 1.807) is 34.6 Å². The number of ether oxygens (including phenoxy) is 1. The molecule has 0 bridgehead atoms. The molecule has 1 aromatic heterocycles. The van der Waals surface area contributed by atoms with Crippen LogP contribution in [-0.2, 0) is 10.5 Å². The van der Waals surface area contributed by atoms with Crippen molar-refractivity contribution >= 4 is 34.4 Å². The number of nitro benzene ring substituents is 1. The van der Waals surface area contributed by atoms with E-state index in [1.165, 1.54) is 23.9 Å². The van der Waals surface area contributed by atoms with Gasteiger partial charge in [0, 0.05) is 37.0 Å². The van der Waals surface area contributed by atoms with E-state index in [1.807, 2.05) is 18.2 Å². The molecule has 1 saturated heterocycles. The number of piperidine rings is 1. The molecular weight excluding hydrogens is 444 g/mol. The number of hydrogen-bond donors (Lipinski definition) is 0. The van der Waals surface area contributed by atoms with E-state index in [4.69, 9.17) is 9.72 Å². The number of nitrogens with zero attached hydrogens (tertiary/aromatic N) is 4. The predicted molar refractivity (Wildman–Crippen MR) is 126 cm³/mol. The quantitative estimate of drug-likeness (QED) is 0.228. The minimum atomic E-state index is -0.428. The van der Waals surface area contributed by atoms with Crippen LogP contribution in [0.25, 0.3) is 10.9 Å². The highest BCUT2D eigenvalue weighted by molar-refractivity contribution is 7.98. The largest absolute Gasteiger partial charge is 0.450 e. The van der Waals surface area contributed by atoms with Gasteiger partial charge in [-0.15, -0.1) is 0 Å². The Morgan fingerprint density at radius 3 is 2.55 bits per heavy atom. The number of benzene rings is 2. The van der Waals surface area contributed by atoms with Gasteiger partial charge in [-0.05, 0) is 37.5 Å². The first-order chi connectivity index (χ1) is 16.0. The van der Waals surface area contributed by atoms with Crippen molar-refractivity contribution in [2.75, 3.05) is 19.7 Å². The summed E-state index contributed by atoms with van der Waals surface area (Å²) in [6.07, 6.45) is 0.931. The average molecular weight is 469 g/mol. The zero-order chi connectivity index (χ0) is 23.4. The van der Waals surface area contributed by atoms with Crippen LogP contribution in [-0.4, -0.2) is 45.2 Å². The van der Waals surface area contributed by atoms with Gasteiger partial charge in [0.25, 0.3) is 11.2 Å². The van der Waals surface area contributed by atoms with Crippen molar-refractivity contribution < 1.29 is 14.5 Å². The highest BCUT2D eigenvalue weighted by Crippen LogP contribution is 2.29. The van der Waals surface area contributed by atoms with Crippen molar-refractivity contribution in [1.82, 2.24) is 14.5 Å². The topological polar surface area (TPSA) is 108 Å². The number of rotatable bonds is 6. The maximum absolute atomic E-state index is 13.4. The van der Waals surface area contributed by atoms with Gasteiger partial charge in [-0.1, -0.05) is 36.0 Å². The van der Waals surface area contributed by atoms with Crippen LogP contribution < -0.4 is 5.56 Å². The Hall–Kier alpha value is -3.40. The second kappa shape index (κ2) is 10.0. The summed E-state index contributed by atoms with van der Waals surface area (Å²) < 4.78 is 6.85. The van der Waals surface area contributed by atoms with Gasteiger partial charge in [0.05, 0.1) is 22.4 Å². The summed E-state index contributed by atoms with van der Waals surface area (Å²) in [5, 5.41) is 12.1. The molecule has 0 N–H and O–H groups in total. The lowest BCUT2D eigenvalue weighted by atomic mass is 10.0. The molecule has 2 heterocycles. The van der Waals surface area contributed by atoms with Gasteiger partial charge in [-0.2, -0.15) is 0 Å². The number of fused-ring (bicyclic) bond motifs is 1. The van der Waals surface area contributed by atoms with Crippen molar-refractivity contribution in [3.05, 3.63) is 74.6 Å². The SMILES string of the molecule is CCOC(=O)N1CCC(n2c(SCc3ccc([N+](=O)[O-])cc3)nc3ccccc3c2=O)CC1. The summed E-state index contributed by atoms with van der Waals surface area (Å²) in [4.78, 5) is 42.4. The summed E-state index contributed by atoms with van der Waals surface area (Å²) in [7, 11) is 0. The number of non-ortho nitro benzene ring substituents is 1. The molecule has 33 heavy (non-hydrogen) atoms. The monoisotopic (exact) mass is 468 g/mol. The van der Waals surface area contributed by atoms with Crippen LogP contribution in [0.5, 0.6) is 0 Å². The van der Waals surface area contributed by atoms with Crippen LogP contribution in [0.3, 0.4) is 0 Å². The van der Waals surface area contributed by atoms with Gasteiger partial charge in [-0.25, -0.2) is 9.78 Å². The van der Waals surface area contributed by atoms with E-state index >= 15 is 0 Å². The lowest BCUT2D eigenvalue weighted by molar-refractivity contribution is -0.384. The molecule has 0 atom stereocenters. The molecule has 4 rings (SSSR count). The highest BCUT2D eigenvalue weighted by atomic mass is 32.2. The average Bonchev–Trinajstić information content (AvgIpc) is 2.83. The molecule has 3 aromatic rings. The van der Waals surface area contributed by atoms with Crippen LogP contribution in [0.4, 0.5) is 10.5 Å². The molecule has 2 aromatic carbocycles. The molecule has 0 spiro atoms. The van der Waals surface area contributed by atoms with Crippen molar-refractivity contribution in [2.24, 2.45) is 0 Å². The van der Waals surface area contributed by atoms with E-state index < -0.39 is 4.92 Å². The molecule has 0 unspecified atom stereocenters. The van der Waals surface area contributed by atoms with Crippen LogP contribution >= 0.6 is 11.8 Å². The lowest BCUT2D eigenvalue weighted by Gasteiger charge is -2.33. The van der Waals surface area contributed by atoms with Crippen molar-refractivity contribution in [1.29, 1.82) is 0 Å². The van der Waals surface area contributed by atoms with E-state index in [-0.39, 0.29) is 23.4 Å². The molecule has 0 radical (unpaired) electrons. The highest BCUT2D eigenvalue weighted by Gasteiger charge is 2.27. The van der Waals surface area contributed by atoms with Gasteiger partial charge in [0.15, 0.2) is 5.16 Å². The number of hydrogen-bond acceptors (Lipinski definition) is 7. The summed E-state index contributed by atoms with van der Waals surface area (Å²) >= 11 is 1.43. The zero-order valence-electron chi connectivity index (χ0n) is 18.2. The number of amides is 1. The van der Waals surface area contributed by atoms with E-state index in [0.29, 0.717) is 54.4 Å². The molecule has 9 nitrogen and oxygen atoms in total. The Kier molecular flexibility index (Phi) is 6.93. The summed E-state index contributed by atoms with van der Waals surface area (Å²) in [5.41, 5.74) is 1.48. The third kappa shape index (κ3) is 5.00. The molecule has 172 valence electrons. The second-order valence-electron chi connectivity index (χ2n) is 7.72. The molecular formula is C23H24N4O5S. The minimum Gasteiger partial charge on any atom is -0.450 e. The molecule has 1 amide bonds. The number of carbonyl (C=O) groups excluding carboxylic acids is 1. The first-order valence-corrected chi connectivity index (χ1v) is 11.8. The maximum atomic E-state index is 13.4. The second-order valence-corrected chi connectivity index (χ2v) is 8.66. The van der Waals surface area contributed by atoms with Crippen molar-refractivity contribution in [2.45, 2.75) is 36.7 Å². The van der Waals surface area contributed by atoms with Gasteiger partial charge in [-0.3, -0.25) is 19.5 Å². The Balaban J connectivity index is 1.60. The Bertz CT molecular complexity index is 1220. The number of likely N-dealkylation sites (tertiary alicyclic amines) is 1. The van der Waals surface area contributed by atoms with Crippen molar-refractivity contribution in [3.63, 3.8) is 0 Å². The third-order valence-electron chi connectivity index (χ3n) is 5.65. The van der Waals surface area contributed by atoms with Crippen LogP contribution in [0.2, 0.25) is 0 Å². The summed E-state index contributed by atoms with van der Waals surface area (Å²) in [6.45, 7) is 3.13. The fourth-order valence-electron chi connectivity index (χ4n) is 3.93. The molecule has 10 heteroatoms. The number of thioether (sulfide) groups is 1. The first-order valence-electron chi connectivity index (χ1n) is 10.8. The number of carbonyl (C=O) groups is 1. The molecule has 0 aliphatic carbocycles. The summed E-state index contributed by atoms with van der Waals surface area (Å²) in [6, 6.07) is 13.6. The Morgan fingerprint density at radius 1 is 1.18 bits per heavy atom. The van der Waals surface area contributed by atoms with Gasteiger partial charge >= 0.3 is 6.09 Å². The lowest BCUT2D eigenvalue weighted by Crippen LogP contribution is -2.41. The zero-order valence-corrected chi connectivity index (χ0v) is 19.0. The normalized spacial score (nSPS) is 14.4. The van der Waals surface area contributed by atoms with E-state index in [0.717, 1.165) is 5.56 Å². The molecule has 1 fully saturated rings. The Labute approximate surface area is 194 Å². The Morgan fingerprint density at radius 2 is 1.88 bits per heavy atom. The number of nitro groups is 1. The van der Waals surface area contributed by atoms with Crippen LogP contribution in [0, 0.1) is 10.1 Å². The summed E-state index contributed by atoms with van der Waals surface area (Å²) in [5.74, 6) is 0.518. The maximum Gasteiger partial charge on any atom is 0.409 e. The smallest absolute Gasteiger partial charge is 0.409 e. The van der Waals surface area contributed by atoms with Gasteiger partial charge < -0.3 is 9.64 Å².